The van der Waals surface area contributed by atoms with Gasteiger partial charge in [0.1, 0.15) is 11.6 Å². The molecule has 0 amide bonds. The highest BCUT2D eigenvalue weighted by Crippen LogP contribution is 2.24. The lowest BCUT2D eigenvalue weighted by molar-refractivity contribution is -0.119. The predicted octanol–water partition coefficient (Wildman–Crippen LogP) is 12.6. The zero-order valence-corrected chi connectivity index (χ0v) is 31.7. The molecule has 46 heavy (non-hydrogen) atoms. The Morgan fingerprint density at radius 2 is 0.804 bits per heavy atom. The molecule has 274 valence electrons. The summed E-state index contributed by atoms with van der Waals surface area (Å²) < 4.78 is 0. The lowest BCUT2D eigenvalue weighted by Crippen LogP contribution is -2.27. The van der Waals surface area contributed by atoms with E-state index in [0.29, 0.717) is 18.2 Å². The Kier molecular flexibility index (Phi) is 36.5. The largest absolute Gasteiger partial charge is 0.396 e. The number of hydrogen-bond acceptors (Lipinski definition) is 4. The van der Waals surface area contributed by atoms with Gasteiger partial charge >= 0.3 is 0 Å². The molecule has 0 aliphatic carbocycles. The lowest BCUT2D eigenvalue weighted by atomic mass is 9.89. The maximum atomic E-state index is 12.6. The second-order valence-corrected chi connectivity index (χ2v) is 14.8. The second kappa shape index (κ2) is 37.1. The van der Waals surface area contributed by atoms with E-state index in [1.165, 1.54) is 154 Å². The highest BCUT2D eigenvalue weighted by Gasteiger charge is 2.10. The first-order chi connectivity index (χ1) is 22.5. The minimum atomic E-state index is 0.293. The SMILES string of the molecule is CCCCCCCCC(CCCCCCCC)CCCCC(=O)CCCCCCCN(CCCCO)CCCCCCCC(C)=O. The molecule has 0 heterocycles. The maximum Gasteiger partial charge on any atom is 0.132 e. The third-order valence-corrected chi connectivity index (χ3v) is 10.1. The van der Waals surface area contributed by atoms with Crippen LogP contribution in [0.15, 0.2) is 0 Å². The number of carbonyl (C=O) groups excluding carboxylic acids is 2. The average Bonchev–Trinajstić information content (AvgIpc) is 3.04. The van der Waals surface area contributed by atoms with Crippen molar-refractivity contribution in [1.82, 2.24) is 4.90 Å². The third-order valence-electron chi connectivity index (χ3n) is 10.1. The molecular weight excluding hydrogens is 566 g/mol. The Labute approximate surface area is 289 Å². The van der Waals surface area contributed by atoms with Crippen LogP contribution in [0.3, 0.4) is 0 Å². The van der Waals surface area contributed by atoms with Gasteiger partial charge in [-0.3, -0.25) is 4.79 Å². The smallest absolute Gasteiger partial charge is 0.132 e. The zero-order valence-electron chi connectivity index (χ0n) is 31.7. The van der Waals surface area contributed by atoms with E-state index < -0.39 is 0 Å². The molecule has 0 fully saturated rings. The Balaban J connectivity index is 4.02. The van der Waals surface area contributed by atoms with Crippen molar-refractivity contribution in [1.29, 1.82) is 0 Å². The van der Waals surface area contributed by atoms with Crippen LogP contribution in [0.25, 0.3) is 0 Å². The van der Waals surface area contributed by atoms with Crippen molar-refractivity contribution in [3.63, 3.8) is 0 Å². The molecule has 0 saturated heterocycles. The average molecular weight is 650 g/mol. The van der Waals surface area contributed by atoms with Crippen LogP contribution >= 0.6 is 0 Å². The molecule has 0 saturated carbocycles. The first-order valence-corrected chi connectivity index (χ1v) is 20.9. The molecular formula is C42H83NO3. The van der Waals surface area contributed by atoms with E-state index in [1.807, 2.05) is 0 Å². The van der Waals surface area contributed by atoms with Crippen molar-refractivity contribution in [3.8, 4) is 0 Å². The summed E-state index contributed by atoms with van der Waals surface area (Å²) in [6, 6.07) is 0. The summed E-state index contributed by atoms with van der Waals surface area (Å²) in [6.45, 7) is 9.99. The normalized spacial score (nSPS) is 11.7. The van der Waals surface area contributed by atoms with Crippen LogP contribution in [0, 0.1) is 5.92 Å². The zero-order chi connectivity index (χ0) is 33.8. The number of unbranched alkanes of at least 4 members (excludes halogenated alkanes) is 20. The van der Waals surface area contributed by atoms with Gasteiger partial charge in [-0.05, 0) is 77.4 Å². The molecule has 0 bridgehead atoms. The third kappa shape index (κ3) is 34.6. The van der Waals surface area contributed by atoms with E-state index >= 15 is 0 Å². The molecule has 0 unspecified atom stereocenters. The number of rotatable bonds is 39. The van der Waals surface area contributed by atoms with Crippen molar-refractivity contribution >= 4 is 11.6 Å². The van der Waals surface area contributed by atoms with Crippen LogP contribution < -0.4 is 0 Å². The van der Waals surface area contributed by atoms with Gasteiger partial charge in [0.05, 0.1) is 0 Å². The van der Waals surface area contributed by atoms with Gasteiger partial charge in [-0.1, -0.05) is 155 Å². The summed E-state index contributed by atoms with van der Waals surface area (Å²) in [5, 5.41) is 9.18. The molecule has 0 aromatic carbocycles. The van der Waals surface area contributed by atoms with Crippen LogP contribution in [0.1, 0.15) is 226 Å². The summed E-state index contributed by atoms with van der Waals surface area (Å²) >= 11 is 0. The van der Waals surface area contributed by atoms with Gasteiger partial charge in [0.2, 0.25) is 0 Å². The Hall–Kier alpha value is -0.740. The van der Waals surface area contributed by atoms with Crippen LogP contribution in [-0.4, -0.2) is 47.8 Å². The van der Waals surface area contributed by atoms with Crippen LogP contribution in [-0.2, 0) is 9.59 Å². The van der Waals surface area contributed by atoms with Crippen molar-refractivity contribution in [2.75, 3.05) is 26.2 Å². The van der Waals surface area contributed by atoms with Gasteiger partial charge in [0.25, 0.3) is 0 Å². The van der Waals surface area contributed by atoms with Gasteiger partial charge in [-0.2, -0.15) is 0 Å². The van der Waals surface area contributed by atoms with Gasteiger partial charge in [-0.25, -0.2) is 0 Å². The van der Waals surface area contributed by atoms with Crippen LogP contribution in [0.5, 0.6) is 0 Å². The molecule has 4 nitrogen and oxygen atoms in total. The van der Waals surface area contributed by atoms with Crippen LogP contribution in [0.4, 0.5) is 0 Å². The number of Topliss-reactive ketones (excluding diaryl/α,β-unsaturated/α-hetero) is 2. The first-order valence-electron chi connectivity index (χ1n) is 20.9. The predicted molar refractivity (Wildman–Crippen MR) is 202 cm³/mol. The number of carbonyl (C=O) groups is 2. The minimum absolute atomic E-state index is 0.293. The first kappa shape index (κ1) is 45.3. The van der Waals surface area contributed by atoms with Crippen molar-refractivity contribution in [2.24, 2.45) is 5.92 Å². The van der Waals surface area contributed by atoms with Crippen molar-refractivity contribution < 1.29 is 14.7 Å². The fourth-order valence-corrected chi connectivity index (χ4v) is 6.95. The molecule has 4 heteroatoms. The molecule has 1 N–H and O–H groups in total. The molecule has 0 aromatic rings. The molecule has 0 aliphatic rings. The fourth-order valence-electron chi connectivity index (χ4n) is 6.95. The van der Waals surface area contributed by atoms with Gasteiger partial charge in [-0.15, -0.1) is 0 Å². The number of hydrogen-bond donors (Lipinski definition) is 1. The fraction of sp³-hybridized carbons (Fsp3) is 0.952. The Bertz CT molecular complexity index is 620. The summed E-state index contributed by atoms with van der Waals surface area (Å²) in [7, 11) is 0. The topological polar surface area (TPSA) is 57.6 Å². The van der Waals surface area contributed by atoms with Crippen LogP contribution in [0.2, 0.25) is 0 Å². The quantitative estimate of drug-likeness (QED) is 0.0673. The lowest BCUT2D eigenvalue weighted by Gasteiger charge is -2.22. The maximum absolute atomic E-state index is 12.6. The number of aliphatic hydroxyl groups is 1. The monoisotopic (exact) mass is 650 g/mol. The number of aliphatic hydroxyl groups excluding tert-OH is 1. The van der Waals surface area contributed by atoms with E-state index in [2.05, 4.69) is 18.7 Å². The van der Waals surface area contributed by atoms with E-state index in [1.54, 1.807) is 6.92 Å². The standard InChI is InChI=1S/C42H83NO3/c1-4-6-8-10-15-21-31-41(32-22-16-11-9-7-5-2)33-24-25-35-42(46)34-23-17-13-19-27-37-43(38-28-29-39-44)36-26-18-12-14-20-30-40(3)45/h41,44H,4-39H2,1-3H3. The van der Waals surface area contributed by atoms with Gasteiger partial charge < -0.3 is 14.8 Å². The second-order valence-electron chi connectivity index (χ2n) is 14.8. The summed E-state index contributed by atoms with van der Waals surface area (Å²) in [5.41, 5.74) is 0. The van der Waals surface area contributed by atoms with Crippen molar-refractivity contribution in [2.45, 2.75) is 226 Å². The van der Waals surface area contributed by atoms with Gasteiger partial charge in [0, 0.05) is 25.9 Å². The molecule has 0 aliphatic heterocycles. The van der Waals surface area contributed by atoms with E-state index in [-0.39, 0.29) is 0 Å². The Morgan fingerprint density at radius 3 is 1.26 bits per heavy atom. The molecule has 0 rings (SSSR count). The highest BCUT2D eigenvalue weighted by molar-refractivity contribution is 5.78. The molecule has 0 spiro atoms. The van der Waals surface area contributed by atoms with E-state index in [4.69, 9.17) is 0 Å². The summed E-state index contributed by atoms with van der Waals surface area (Å²) in [5.74, 6) is 1.70. The molecule has 0 aromatic heterocycles. The number of ketones is 2. The van der Waals surface area contributed by atoms with E-state index in [9.17, 15) is 14.7 Å². The number of nitrogens with zero attached hydrogens (tertiary/aromatic N) is 1. The summed E-state index contributed by atoms with van der Waals surface area (Å²) in [6.07, 6.45) is 39.5. The van der Waals surface area contributed by atoms with Crippen molar-refractivity contribution in [3.05, 3.63) is 0 Å². The minimum Gasteiger partial charge on any atom is -0.396 e. The Morgan fingerprint density at radius 1 is 0.457 bits per heavy atom. The summed E-state index contributed by atoms with van der Waals surface area (Å²) in [4.78, 5) is 26.2. The molecule has 0 atom stereocenters. The van der Waals surface area contributed by atoms with Gasteiger partial charge in [0.15, 0.2) is 0 Å². The highest BCUT2D eigenvalue weighted by atomic mass is 16.3. The molecule has 0 radical (unpaired) electrons. The van der Waals surface area contributed by atoms with E-state index in [0.717, 1.165) is 76.9 Å².